The molecular formula is C19H16N2O4. The van der Waals surface area contributed by atoms with Crippen LogP contribution in [0.2, 0.25) is 0 Å². The van der Waals surface area contributed by atoms with E-state index in [9.17, 15) is 9.90 Å². The van der Waals surface area contributed by atoms with E-state index < -0.39 is 11.5 Å². The molecule has 0 radical (unpaired) electrons. The summed E-state index contributed by atoms with van der Waals surface area (Å²) in [4.78, 5) is 15.9. The number of H-pyrrole nitrogens is 1. The third kappa shape index (κ3) is 1.85. The molecule has 0 fully saturated rings. The second kappa shape index (κ2) is 5.00. The lowest BCUT2D eigenvalue weighted by Gasteiger charge is -2.36. The maximum Gasteiger partial charge on any atom is 0.334 e. The lowest BCUT2D eigenvalue weighted by molar-refractivity contribution is -0.144. The van der Waals surface area contributed by atoms with Gasteiger partial charge in [0.25, 0.3) is 0 Å². The van der Waals surface area contributed by atoms with Crippen molar-refractivity contribution < 1.29 is 19.4 Å². The summed E-state index contributed by atoms with van der Waals surface area (Å²) in [7, 11) is 0. The van der Waals surface area contributed by atoms with Crippen molar-refractivity contribution in [2.75, 3.05) is 13.3 Å². The molecule has 1 atom stereocenters. The minimum atomic E-state index is -1.38. The average Bonchev–Trinajstić information content (AvgIpc) is 3.01. The van der Waals surface area contributed by atoms with Crippen LogP contribution in [0.5, 0.6) is 11.5 Å². The summed E-state index contributed by atoms with van der Waals surface area (Å²) in [5.41, 5.74) is 1.86. The zero-order valence-corrected chi connectivity index (χ0v) is 13.3. The third-order valence-corrected chi connectivity index (χ3v) is 5.07. The SMILES string of the molecule is O=C(O)C1(c2ccc3cc2OCO3)NCCc2c1[nH]c1ccccc21. The van der Waals surface area contributed by atoms with E-state index in [2.05, 4.69) is 10.3 Å². The van der Waals surface area contributed by atoms with Crippen LogP contribution in [-0.2, 0) is 16.8 Å². The molecule has 2 aliphatic heterocycles. The summed E-state index contributed by atoms with van der Waals surface area (Å²) in [5, 5.41) is 14.6. The van der Waals surface area contributed by atoms with E-state index in [-0.39, 0.29) is 6.79 Å². The van der Waals surface area contributed by atoms with Crippen LogP contribution in [0.4, 0.5) is 0 Å². The number of carbonyl (C=O) groups is 1. The number of hydrogen-bond donors (Lipinski definition) is 3. The quantitative estimate of drug-likeness (QED) is 0.669. The highest BCUT2D eigenvalue weighted by molar-refractivity contribution is 5.93. The van der Waals surface area contributed by atoms with Gasteiger partial charge < -0.3 is 19.6 Å². The molecule has 3 aromatic rings. The van der Waals surface area contributed by atoms with Gasteiger partial charge in [0.2, 0.25) is 6.79 Å². The molecule has 0 spiro atoms. The van der Waals surface area contributed by atoms with Crippen molar-refractivity contribution in [3.8, 4) is 11.5 Å². The third-order valence-electron chi connectivity index (χ3n) is 5.07. The fourth-order valence-corrected chi connectivity index (χ4v) is 3.95. The summed E-state index contributed by atoms with van der Waals surface area (Å²) < 4.78 is 10.9. The van der Waals surface area contributed by atoms with E-state index in [4.69, 9.17) is 9.47 Å². The minimum absolute atomic E-state index is 0.0876. The van der Waals surface area contributed by atoms with Gasteiger partial charge in [-0.05, 0) is 30.2 Å². The van der Waals surface area contributed by atoms with Crippen LogP contribution in [0.3, 0.4) is 0 Å². The van der Waals surface area contributed by atoms with Crippen LogP contribution < -0.4 is 14.8 Å². The molecule has 2 aromatic carbocycles. The Hall–Kier alpha value is -2.99. The zero-order chi connectivity index (χ0) is 17.0. The van der Waals surface area contributed by atoms with E-state index in [1.807, 2.05) is 24.3 Å². The van der Waals surface area contributed by atoms with E-state index in [1.54, 1.807) is 18.2 Å². The topological polar surface area (TPSA) is 83.6 Å². The molecule has 0 saturated heterocycles. The molecule has 126 valence electrons. The second-order valence-electron chi connectivity index (χ2n) is 6.32. The summed E-state index contributed by atoms with van der Waals surface area (Å²) in [6.07, 6.45) is 0.770. The smallest absolute Gasteiger partial charge is 0.334 e. The number of ether oxygens (including phenoxy) is 2. The number of aromatic amines is 1. The number of benzene rings is 2. The first kappa shape index (κ1) is 14.4. The van der Waals surface area contributed by atoms with Gasteiger partial charge in [-0.15, -0.1) is 0 Å². The van der Waals surface area contributed by atoms with Crippen LogP contribution in [0.25, 0.3) is 10.9 Å². The Labute approximate surface area is 143 Å². The molecule has 3 heterocycles. The van der Waals surface area contributed by atoms with Gasteiger partial charge >= 0.3 is 5.97 Å². The molecule has 0 saturated carbocycles. The number of aromatic nitrogens is 1. The van der Waals surface area contributed by atoms with Crippen LogP contribution in [0.15, 0.2) is 42.5 Å². The standard InChI is InChI=1S/C19H16N2O4/c22-18(23)19(14-6-5-11-9-16(14)25-10-24-11)17-13(7-8-20-19)12-3-1-2-4-15(12)21-17/h1-6,9,20-21H,7-8,10H2,(H,22,23). The number of fused-ring (bicyclic) bond motifs is 5. The molecule has 1 unspecified atom stereocenters. The first-order valence-corrected chi connectivity index (χ1v) is 8.19. The minimum Gasteiger partial charge on any atom is -0.479 e. The summed E-state index contributed by atoms with van der Waals surface area (Å²) in [6, 6.07) is 13.2. The Bertz CT molecular complexity index is 1010. The van der Waals surface area contributed by atoms with Crippen molar-refractivity contribution in [1.29, 1.82) is 0 Å². The lowest BCUT2D eigenvalue weighted by atomic mass is 9.80. The average molecular weight is 336 g/mol. The molecule has 6 nitrogen and oxygen atoms in total. The second-order valence-corrected chi connectivity index (χ2v) is 6.32. The van der Waals surface area contributed by atoms with Gasteiger partial charge in [0.15, 0.2) is 5.54 Å². The molecule has 5 rings (SSSR count). The molecule has 2 bridgehead atoms. The number of nitrogens with one attached hydrogen (secondary N) is 2. The molecule has 3 N–H and O–H groups in total. The summed E-state index contributed by atoms with van der Waals surface area (Å²) >= 11 is 0. The van der Waals surface area contributed by atoms with Gasteiger partial charge in [0, 0.05) is 29.1 Å². The van der Waals surface area contributed by atoms with Crippen molar-refractivity contribution in [1.82, 2.24) is 10.3 Å². The first-order chi connectivity index (χ1) is 12.2. The zero-order valence-electron chi connectivity index (χ0n) is 13.3. The number of rotatable bonds is 2. The molecule has 1 aromatic heterocycles. The Kier molecular flexibility index (Phi) is 2.87. The van der Waals surface area contributed by atoms with Crippen molar-refractivity contribution in [3.05, 3.63) is 59.3 Å². The van der Waals surface area contributed by atoms with Crippen LogP contribution in [0, 0.1) is 0 Å². The maximum atomic E-state index is 12.5. The van der Waals surface area contributed by atoms with Crippen molar-refractivity contribution in [3.63, 3.8) is 0 Å². The lowest BCUT2D eigenvalue weighted by Crippen LogP contribution is -2.54. The number of aliphatic carboxylic acids is 1. The van der Waals surface area contributed by atoms with Crippen molar-refractivity contribution >= 4 is 16.9 Å². The van der Waals surface area contributed by atoms with Gasteiger partial charge in [-0.1, -0.05) is 18.2 Å². The maximum absolute atomic E-state index is 12.5. The molecule has 25 heavy (non-hydrogen) atoms. The van der Waals surface area contributed by atoms with Crippen molar-refractivity contribution in [2.45, 2.75) is 12.0 Å². The Morgan fingerprint density at radius 2 is 2.04 bits per heavy atom. The van der Waals surface area contributed by atoms with Crippen LogP contribution in [0.1, 0.15) is 16.8 Å². The van der Waals surface area contributed by atoms with Gasteiger partial charge in [-0.3, -0.25) is 5.32 Å². The van der Waals surface area contributed by atoms with E-state index in [1.165, 1.54) is 0 Å². The normalized spacial score (nSPS) is 21.3. The molecule has 6 heteroatoms. The van der Waals surface area contributed by atoms with E-state index in [0.29, 0.717) is 29.3 Å². The summed E-state index contributed by atoms with van der Waals surface area (Å²) in [6.45, 7) is 0.656. The van der Waals surface area contributed by atoms with Crippen molar-refractivity contribution in [2.24, 2.45) is 0 Å². The fraction of sp³-hybridized carbons (Fsp3) is 0.211. The molecule has 2 aliphatic rings. The highest BCUT2D eigenvalue weighted by Crippen LogP contribution is 2.43. The fourth-order valence-electron chi connectivity index (χ4n) is 3.95. The highest BCUT2D eigenvalue weighted by atomic mass is 16.7. The van der Waals surface area contributed by atoms with E-state index >= 15 is 0 Å². The number of carboxylic acid groups (broad SMARTS) is 1. The molecule has 0 aliphatic carbocycles. The Morgan fingerprint density at radius 1 is 1.16 bits per heavy atom. The van der Waals surface area contributed by atoms with E-state index in [0.717, 1.165) is 22.9 Å². The van der Waals surface area contributed by atoms with Crippen LogP contribution >= 0.6 is 0 Å². The molecular weight excluding hydrogens is 320 g/mol. The number of carboxylic acids is 1. The number of para-hydroxylation sites is 1. The Balaban J connectivity index is 1.83. The summed E-state index contributed by atoms with van der Waals surface area (Å²) in [5.74, 6) is 0.252. The van der Waals surface area contributed by atoms with Gasteiger partial charge in [0.05, 0.1) is 5.69 Å². The van der Waals surface area contributed by atoms with Gasteiger partial charge in [0.1, 0.15) is 11.5 Å². The highest BCUT2D eigenvalue weighted by Gasteiger charge is 2.49. The first-order valence-electron chi connectivity index (χ1n) is 8.19. The van der Waals surface area contributed by atoms with Gasteiger partial charge in [-0.25, -0.2) is 4.79 Å². The monoisotopic (exact) mass is 336 g/mol. The molecule has 0 amide bonds. The number of hydrogen-bond acceptors (Lipinski definition) is 4. The van der Waals surface area contributed by atoms with Gasteiger partial charge in [-0.2, -0.15) is 0 Å². The predicted molar refractivity (Wildman–Crippen MR) is 91.0 cm³/mol. The Morgan fingerprint density at radius 3 is 2.92 bits per heavy atom. The largest absolute Gasteiger partial charge is 0.479 e. The van der Waals surface area contributed by atoms with Crippen LogP contribution in [-0.4, -0.2) is 29.4 Å². The predicted octanol–water partition coefficient (Wildman–Crippen LogP) is 2.37.